The summed E-state index contributed by atoms with van der Waals surface area (Å²) in [6.07, 6.45) is 7.57. The van der Waals surface area contributed by atoms with Gasteiger partial charge in [-0.15, -0.1) is 0 Å². The molecule has 0 fully saturated rings. The van der Waals surface area contributed by atoms with E-state index in [1.807, 2.05) is 56.5 Å². The van der Waals surface area contributed by atoms with Gasteiger partial charge in [-0.05, 0) is 44.9 Å². The topological polar surface area (TPSA) is 30.2 Å². The van der Waals surface area contributed by atoms with E-state index < -0.39 is 0 Å². The van der Waals surface area contributed by atoms with Crippen molar-refractivity contribution < 1.29 is 0 Å². The Labute approximate surface area is 138 Å². The fraction of sp³-hybridized carbons (Fsp3) is 0.200. The summed E-state index contributed by atoms with van der Waals surface area (Å²) in [5, 5.41) is 4.63. The largest absolute Gasteiger partial charge is 0.228 e. The molecule has 0 aromatic carbocycles. The number of aromatic nitrogens is 3. The number of hydrogen-bond donors (Lipinski definition) is 0. The molecule has 0 aliphatic carbocycles. The van der Waals surface area contributed by atoms with Crippen LogP contribution in [-0.2, 0) is 0 Å². The van der Waals surface area contributed by atoms with Crippen LogP contribution in [0, 0.1) is 13.8 Å². The van der Waals surface area contributed by atoms with E-state index in [0.29, 0.717) is 0 Å². The lowest BCUT2D eigenvalue weighted by molar-refractivity contribution is 0.874. The van der Waals surface area contributed by atoms with E-state index in [2.05, 4.69) is 24.8 Å². The zero-order valence-electron chi connectivity index (χ0n) is 14.3. The van der Waals surface area contributed by atoms with Crippen LogP contribution in [0.5, 0.6) is 0 Å². The number of nitrogens with zero attached hydrogens (tertiary/aromatic N) is 3. The van der Waals surface area contributed by atoms with Gasteiger partial charge in [-0.2, -0.15) is 5.10 Å². The molecule has 0 aliphatic heterocycles. The van der Waals surface area contributed by atoms with E-state index in [1.165, 1.54) is 0 Å². The van der Waals surface area contributed by atoms with Crippen molar-refractivity contribution in [2.45, 2.75) is 27.7 Å². The monoisotopic (exact) mass is 305 g/mol. The van der Waals surface area contributed by atoms with E-state index in [4.69, 9.17) is 4.98 Å². The fourth-order valence-electron chi connectivity index (χ4n) is 2.57. The molecule has 0 radical (unpaired) electrons. The second-order valence-electron chi connectivity index (χ2n) is 5.71. The number of hydrogen-bond acceptors (Lipinski definition) is 2. The molecule has 2 rings (SSSR count). The molecule has 0 saturated carbocycles. The van der Waals surface area contributed by atoms with Gasteiger partial charge in [-0.1, -0.05) is 49.6 Å². The quantitative estimate of drug-likeness (QED) is 0.721. The van der Waals surface area contributed by atoms with Crippen molar-refractivity contribution in [3.05, 3.63) is 78.3 Å². The van der Waals surface area contributed by atoms with Gasteiger partial charge >= 0.3 is 0 Å². The smallest absolute Gasteiger partial charge is 0.163 e. The third kappa shape index (κ3) is 3.24. The summed E-state index contributed by atoms with van der Waals surface area (Å²) in [7, 11) is 0. The molecule has 0 spiro atoms. The highest BCUT2D eigenvalue weighted by Gasteiger charge is 2.16. The van der Waals surface area contributed by atoms with Crippen LogP contribution in [0.15, 0.2) is 55.7 Å². The number of rotatable bonds is 5. The van der Waals surface area contributed by atoms with E-state index in [1.54, 1.807) is 6.08 Å². The van der Waals surface area contributed by atoms with Crippen LogP contribution < -0.4 is 0 Å². The van der Waals surface area contributed by atoms with E-state index >= 15 is 0 Å². The molecule has 0 bridgehead atoms. The van der Waals surface area contributed by atoms with Crippen molar-refractivity contribution in [2.75, 3.05) is 0 Å². The second kappa shape index (κ2) is 6.61. The number of fused-ring (bicyclic) bond motifs is 1. The lowest BCUT2D eigenvalue weighted by Gasteiger charge is -2.07. The number of allylic oxidation sites excluding steroid dienone is 7. The Morgan fingerprint density at radius 3 is 2.48 bits per heavy atom. The highest BCUT2D eigenvalue weighted by molar-refractivity contribution is 5.85. The van der Waals surface area contributed by atoms with Gasteiger partial charge in [0, 0.05) is 11.3 Å². The number of aryl methyl sites for hydroxylation is 2. The Balaban J connectivity index is 2.83. The third-order valence-corrected chi connectivity index (χ3v) is 3.62. The van der Waals surface area contributed by atoms with Gasteiger partial charge in [0.1, 0.15) is 0 Å². The Morgan fingerprint density at radius 2 is 1.91 bits per heavy atom. The summed E-state index contributed by atoms with van der Waals surface area (Å²) >= 11 is 0. The third-order valence-electron chi connectivity index (χ3n) is 3.62. The molecule has 2 aromatic rings. The molecular formula is C20H23N3. The molecule has 23 heavy (non-hydrogen) atoms. The minimum atomic E-state index is 0.835. The predicted molar refractivity (Wildman–Crippen MR) is 99.3 cm³/mol. The maximum Gasteiger partial charge on any atom is 0.163 e. The molecule has 0 N–H and O–H groups in total. The molecule has 0 aliphatic rings. The van der Waals surface area contributed by atoms with Crippen LogP contribution in [-0.4, -0.2) is 14.6 Å². The van der Waals surface area contributed by atoms with Crippen LogP contribution >= 0.6 is 0 Å². The van der Waals surface area contributed by atoms with Crippen LogP contribution in [0.2, 0.25) is 0 Å². The van der Waals surface area contributed by atoms with Crippen molar-refractivity contribution in [2.24, 2.45) is 0 Å². The Morgan fingerprint density at radius 1 is 1.22 bits per heavy atom. The molecule has 2 heterocycles. The zero-order valence-corrected chi connectivity index (χ0v) is 14.3. The summed E-state index contributed by atoms with van der Waals surface area (Å²) in [6, 6.07) is 2.04. The first-order valence-electron chi connectivity index (χ1n) is 7.55. The molecule has 0 amide bonds. The molecular weight excluding hydrogens is 282 g/mol. The molecule has 0 unspecified atom stereocenters. The van der Waals surface area contributed by atoms with Gasteiger partial charge in [0.05, 0.1) is 11.4 Å². The van der Waals surface area contributed by atoms with Gasteiger partial charge in [0.15, 0.2) is 5.65 Å². The van der Waals surface area contributed by atoms with Crippen molar-refractivity contribution in [1.82, 2.24) is 14.6 Å². The highest BCUT2D eigenvalue weighted by Crippen LogP contribution is 2.27. The van der Waals surface area contributed by atoms with Crippen molar-refractivity contribution in [3.8, 4) is 0 Å². The summed E-state index contributed by atoms with van der Waals surface area (Å²) in [5.41, 5.74) is 7.74. The lowest BCUT2D eigenvalue weighted by Crippen LogP contribution is -1.99. The molecule has 3 nitrogen and oxygen atoms in total. The minimum absolute atomic E-state index is 0.835. The molecule has 3 heteroatoms. The Hall–Kier alpha value is -2.68. The van der Waals surface area contributed by atoms with Gasteiger partial charge in [0.25, 0.3) is 0 Å². The minimum Gasteiger partial charge on any atom is -0.228 e. The van der Waals surface area contributed by atoms with Crippen molar-refractivity contribution in [1.29, 1.82) is 0 Å². The van der Waals surface area contributed by atoms with Gasteiger partial charge < -0.3 is 0 Å². The Bertz CT molecular complexity index is 861. The van der Waals surface area contributed by atoms with Crippen LogP contribution in [0.25, 0.3) is 16.8 Å². The summed E-state index contributed by atoms with van der Waals surface area (Å²) < 4.78 is 1.88. The second-order valence-corrected chi connectivity index (χ2v) is 5.71. The maximum atomic E-state index is 4.82. The molecule has 118 valence electrons. The summed E-state index contributed by atoms with van der Waals surface area (Å²) in [5.74, 6) is 0. The van der Waals surface area contributed by atoms with Gasteiger partial charge in [0.2, 0.25) is 0 Å². The van der Waals surface area contributed by atoms with Gasteiger partial charge in [-0.25, -0.2) is 9.50 Å². The van der Waals surface area contributed by atoms with E-state index in [0.717, 1.165) is 45.0 Å². The summed E-state index contributed by atoms with van der Waals surface area (Å²) in [4.78, 5) is 4.82. The Kier molecular flexibility index (Phi) is 4.80. The van der Waals surface area contributed by atoms with Crippen molar-refractivity contribution >= 4 is 16.8 Å². The SMILES string of the molecule is C=C/C=C(\C)c1cc(C)n2nc(C)c(/C(C=C)=C/C(=C)C)c2n1. The van der Waals surface area contributed by atoms with E-state index in [9.17, 15) is 0 Å². The normalized spacial score (nSPS) is 12.5. The highest BCUT2D eigenvalue weighted by atomic mass is 15.3. The fourth-order valence-corrected chi connectivity index (χ4v) is 2.57. The average molecular weight is 305 g/mol. The van der Waals surface area contributed by atoms with Crippen LogP contribution in [0.3, 0.4) is 0 Å². The van der Waals surface area contributed by atoms with Crippen molar-refractivity contribution in [3.63, 3.8) is 0 Å². The first-order chi connectivity index (χ1) is 10.9. The van der Waals surface area contributed by atoms with Crippen LogP contribution in [0.1, 0.15) is 36.5 Å². The zero-order chi connectivity index (χ0) is 17.1. The standard InChI is InChI=1S/C20H23N3/c1-8-10-14(5)18-12-15(6)23-20(21-18)19(16(7)22-23)17(9-2)11-13(3)4/h8-12H,1-3H2,4-7H3/b14-10+,17-11+. The summed E-state index contributed by atoms with van der Waals surface area (Å²) in [6.45, 7) is 19.7. The molecule has 2 aromatic heterocycles. The average Bonchev–Trinajstić information content (AvgIpc) is 2.81. The van der Waals surface area contributed by atoms with E-state index in [-0.39, 0.29) is 0 Å². The molecule has 0 saturated heterocycles. The maximum absolute atomic E-state index is 4.82. The van der Waals surface area contributed by atoms with Gasteiger partial charge in [-0.3, -0.25) is 0 Å². The first kappa shape index (κ1) is 16.7. The van der Waals surface area contributed by atoms with Crippen LogP contribution in [0.4, 0.5) is 0 Å². The lowest BCUT2D eigenvalue weighted by atomic mass is 10.0. The first-order valence-corrected chi connectivity index (χ1v) is 7.55. The predicted octanol–water partition coefficient (Wildman–Crippen LogP) is 5.08. The molecule has 0 atom stereocenters.